The van der Waals surface area contributed by atoms with E-state index in [0.29, 0.717) is 5.56 Å². The summed E-state index contributed by atoms with van der Waals surface area (Å²) < 4.78 is 2.99. The van der Waals surface area contributed by atoms with Gasteiger partial charge >= 0.3 is 0 Å². The third kappa shape index (κ3) is 5.19. The summed E-state index contributed by atoms with van der Waals surface area (Å²) in [5.74, 6) is -0.372. The summed E-state index contributed by atoms with van der Waals surface area (Å²) in [7, 11) is 0. The highest BCUT2D eigenvalue weighted by atomic mass is 127. The van der Waals surface area contributed by atoms with Crippen molar-refractivity contribution in [2.45, 2.75) is 6.04 Å². The van der Waals surface area contributed by atoms with Crippen LogP contribution in [0.2, 0.25) is 0 Å². The van der Waals surface area contributed by atoms with Crippen LogP contribution in [-0.2, 0) is 0 Å². The van der Waals surface area contributed by atoms with Crippen LogP contribution in [0.25, 0.3) is 21.6 Å². The number of amides is 1. The van der Waals surface area contributed by atoms with Crippen LogP contribution in [0.3, 0.4) is 0 Å². The van der Waals surface area contributed by atoms with Gasteiger partial charge in [-0.1, -0.05) is 29.4 Å². The zero-order chi connectivity index (χ0) is 18.9. The molecule has 2 rings (SSSR count). The quantitative estimate of drug-likeness (QED) is 0.119. The summed E-state index contributed by atoms with van der Waals surface area (Å²) in [6, 6.07) is 12.1. The molecular weight excluding hydrogens is 447 g/mol. The van der Waals surface area contributed by atoms with Crippen LogP contribution in [0, 0.1) is 5.41 Å². The summed E-state index contributed by atoms with van der Waals surface area (Å²) in [6.07, 6.45) is 1.27. The average molecular weight is 464 g/mol. The molecule has 2 aromatic carbocycles. The Labute approximate surface area is 164 Å². The second kappa shape index (κ2) is 9.76. The first kappa shape index (κ1) is 19.7. The van der Waals surface area contributed by atoms with Gasteiger partial charge in [-0.25, -0.2) is 0 Å². The predicted molar refractivity (Wildman–Crippen MR) is 110 cm³/mol. The molecule has 0 spiro atoms. The minimum Gasteiger partial charge on any atom is -0.394 e. The van der Waals surface area contributed by atoms with Crippen molar-refractivity contribution in [1.82, 2.24) is 5.32 Å². The first-order valence-electron chi connectivity index (χ1n) is 7.66. The van der Waals surface area contributed by atoms with E-state index < -0.39 is 6.04 Å². The number of anilines is 1. The summed E-state index contributed by atoms with van der Waals surface area (Å²) in [5.41, 5.74) is 12.1. The number of benzene rings is 2. The van der Waals surface area contributed by atoms with E-state index in [1.807, 2.05) is 53.2 Å². The Morgan fingerprint density at radius 3 is 2.62 bits per heavy atom. The van der Waals surface area contributed by atoms with Gasteiger partial charge in [0.15, 0.2) is 0 Å². The fourth-order valence-electron chi connectivity index (χ4n) is 2.30. The molecule has 9 heteroatoms. The van der Waals surface area contributed by atoms with Crippen molar-refractivity contribution in [3.8, 4) is 11.1 Å². The Bertz CT molecular complexity index is 834. The van der Waals surface area contributed by atoms with E-state index in [9.17, 15) is 9.90 Å². The lowest BCUT2D eigenvalue weighted by molar-refractivity contribution is 0.0919. The molecule has 0 aliphatic rings. The van der Waals surface area contributed by atoms with E-state index in [1.54, 1.807) is 12.1 Å². The number of azide groups is 1. The number of carbonyl (C=O) groups excluding carboxylic acids is 1. The van der Waals surface area contributed by atoms with Gasteiger partial charge in [-0.05, 0) is 40.4 Å². The summed E-state index contributed by atoms with van der Waals surface area (Å²) in [6.45, 7) is -0.353. The molecule has 8 nitrogen and oxygen atoms in total. The molecule has 2 aromatic rings. The Morgan fingerprint density at radius 1 is 1.31 bits per heavy atom. The number of aliphatic hydroxyl groups excluding tert-OH is 1. The standard InChI is InChI=1S/C17H17IN6O2/c18-23-15-6-13(12-3-1-11(8-19)2-4-12)5-14(7-15)17(26)22-16(10-25)9-21-24-20/h1-8,16,19,23,25H,9-10H2,(H,22,26). The monoisotopic (exact) mass is 464 g/mol. The van der Waals surface area contributed by atoms with Crippen molar-refractivity contribution in [3.63, 3.8) is 0 Å². The van der Waals surface area contributed by atoms with Crippen LogP contribution in [0.15, 0.2) is 47.6 Å². The van der Waals surface area contributed by atoms with Crippen LogP contribution < -0.4 is 8.85 Å². The number of nitrogens with zero attached hydrogens (tertiary/aromatic N) is 3. The molecule has 0 saturated carbocycles. The zero-order valence-corrected chi connectivity index (χ0v) is 15.8. The summed E-state index contributed by atoms with van der Waals surface area (Å²) >= 11 is 1.99. The Kier molecular flexibility index (Phi) is 7.39. The van der Waals surface area contributed by atoms with Crippen molar-refractivity contribution < 1.29 is 9.90 Å². The number of hydrogen-bond acceptors (Lipinski definition) is 5. The number of aliphatic hydroxyl groups is 1. The lowest BCUT2D eigenvalue weighted by Crippen LogP contribution is -2.39. The van der Waals surface area contributed by atoms with Gasteiger partial charge in [-0.2, -0.15) is 0 Å². The maximum absolute atomic E-state index is 12.5. The third-order valence-corrected chi connectivity index (χ3v) is 4.26. The van der Waals surface area contributed by atoms with Gasteiger partial charge in [-0.15, -0.1) is 0 Å². The Hall–Kier alpha value is -2.62. The van der Waals surface area contributed by atoms with Crippen molar-refractivity contribution in [2.75, 3.05) is 16.7 Å². The molecule has 0 bridgehead atoms. The van der Waals surface area contributed by atoms with Crippen LogP contribution in [0.4, 0.5) is 5.69 Å². The highest BCUT2D eigenvalue weighted by Crippen LogP contribution is 2.26. The van der Waals surface area contributed by atoms with E-state index in [-0.39, 0.29) is 19.1 Å². The largest absolute Gasteiger partial charge is 0.394 e. The molecule has 0 fully saturated rings. The molecule has 1 unspecified atom stereocenters. The second-order valence-corrected chi connectivity index (χ2v) is 5.97. The van der Waals surface area contributed by atoms with Crippen LogP contribution in [0.1, 0.15) is 15.9 Å². The molecular formula is C17H17IN6O2. The van der Waals surface area contributed by atoms with E-state index >= 15 is 0 Å². The lowest BCUT2D eigenvalue weighted by atomic mass is 10.0. The lowest BCUT2D eigenvalue weighted by Gasteiger charge is -2.15. The van der Waals surface area contributed by atoms with Gasteiger partial charge < -0.3 is 19.4 Å². The van der Waals surface area contributed by atoms with Gasteiger partial charge in [0.05, 0.1) is 35.5 Å². The minimum atomic E-state index is -0.648. The molecule has 134 valence electrons. The van der Waals surface area contributed by atoms with Gasteiger partial charge in [0.1, 0.15) is 0 Å². The number of rotatable bonds is 8. The average Bonchev–Trinajstić information content (AvgIpc) is 2.70. The van der Waals surface area contributed by atoms with Crippen molar-refractivity contribution >= 4 is 40.7 Å². The van der Waals surface area contributed by atoms with Crippen LogP contribution in [0.5, 0.6) is 0 Å². The molecule has 0 aliphatic carbocycles. The first-order chi connectivity index (χ1) is 12.6. The number of hydrogen-bond donors (Lipinski definition) is 4. The van der Waals surface area contributed by atoms with E-state index in [1.165, 1.54) is 6.21 Å². The van der Waals surface area contributed by atoms with Crippen LogP contribution >= 0.6 is 22.9 Å². The molecule has 1 atom stereocenters. The molecule has 0 aliphatic heterocycles. The van der Waals surface area contributed by atoms with Gasteiger partial charge in [0.2, 0.25) is 0 Å². The summed E-state index contributed by atoms with van der Waals surface area (Å²) in [5, 5.41) is 22.6. The van der Waals surface area contributed by atoms with E-state index in [4.69, 9.17) is 10.9 Å². The smallest absolute Gasteiger partial charge is 0.251 e. The normalized spacial score (nSPS) is 11.2. The second-order valence-electron chi connectivity index (χ2n) is 5.43. The third-order valence-electron chi connectivity index (χ3n) is 3.64. The fraction of sp³-hybridized carbons (Fsp3) is 0.176. The molecule has 0 heterocycles. The highest BCUT2D eigenvalue weighted by molar-refractivity contribution is 14.1. The fourth-order valence-corrected chi connectivity index (χ4v) is 2.62. The molecule has 0 radical (unpaired) electrons. The minimum absolute atomic E-state index is 0.0269. The van der Waals surface area contributed by atoms with Gasteiger partial charge in [-0.3, -0.25) is 4.79 Å². The number of nitrogens with one attached hydrogen (secondary N) is 3. The topological polar surface area (TPSA) is 134 Å². The Balaban J connectivity index is 2.31. The SMILES string of the molecule is [N-]=[N+]=NCC(CO)NC(=O)c1cc(NI)cc(-c2ccc(C=N)cc2)c1. The molecule has 0 saturated heterocycles. The van der Waals surface area contributed by atoms with Gasteiger partial charge in [0.25, 0.3) is 5.91 Å². The van der Waals surface area contributed by atoms with Crippen molar-refractivity contribution in [3.05, 3.63) is 64.0 Å². The van der Waals surface area contributed by atoms with E-state index in [2.05, 4.69) is 18.9 Å². The van der Waals surface area contributed by atoms with Gasteiger partial charge in [0, 0.05) is 28.9 Å². The summed E-state index contributed by atoms with van der Waals surface area (Å²) in [4.78, 5) is 15.1. The molecule has 26 heavy (non-hydrogen) atoms. The van der Waals surface area contributed by atoms with Crippen LogP contribution in [-0.4, -0.2) is 36.4 Å². The molecule has 4 N–H and O–H groups in total. The predicted octanol–water partition coefficient (Wildman–Crippen LogP) is 3.51. The zero-order valence-electron chi connectivity index (χ0n) is 13.7. The molecule has 1 amide bonds. The number of carbonyl (C=O) groups is 1. The first-order valence-corrected chi connectivity index (χ1v) is 8.74. The number of halogens is 1. The Morgan fingerprint density at radius 2 is 2.04 bits per heavy atom. The highest BCUT2D eigenvalue weighted by Gasteiger charge is 2.14. The molecule has 0 aromatic heterocycles. The maximum atomic E-state index is 12.5. The maximum Gasteiger partial charge on any atom is 0.251 e. The van der Waals surface area contributed by atoms with E-state index in [0.717, 1.165) is 22.4 Å². The van der Waals surface area contributed by atoms with Crippen molar-refractivity contribution in [1.29, 1.82) is 5.41 Å². The van der Waals surface area contributed by atoms with Crippen molar-refractivity contribution in [2.24, 2.45) is 5.11 Å².